The van der Waals surface area contributed by atoms with Gasteiger partial charge in [-0.15, -0.1) is 11.3 Å². The lowest BCUT2D eigenvalue weighted by Crippen LogP contribution is -2.21. The number of rotatable bonds is 4. The number of hydrogen-bond acceptors (Lipinski definition) is 4. The Balaban J connectivity index is 1.77. The van der Waals surface area contributed by atoms with E-state index >= 15 is 0 Å². The quantitative estimate of drug-likeness (QED) is 0.696. The van der Waals surface area contributed by atoms with E-state index in [9.17, 15) is 9.59 Å². The fourth-order valence-electron chi connectivity index (χ4n) is 2.16. The standard InChI is InChI=1S/C16H14N2O2S/c1-11-2-4-12(5-3-11)14(19)6-8-18-10-17-15-13(16(18)20)7-9-21-15/h2-5,7,9-10H,6,8H2,1H3. The maximum Gasteiger partial charge on any atom is 0.262 e. The maximum absolute atomic E-state index is 12.2. The zero-order valence-corrected chi connectivity index (χ0v) is 12.4. The van der Waals surface area contributed by atoms with Crippen LogP contribution in [0.2, 0.25) is 0 Å². The Hall–Kier alpha value is -2.27. The first-order valence-corrected chi connectivity index (χ1v) is 7.55. The highest BCUT2D eigenvalue weighted by atomic mass is 32.1. The number of aryl methyl sites for hydroxylation is 2. The summed E-state index contributed by atoms with van der Waals surface area (Å²) in [7, 11) is 0. The molecule has 0 aliphatic rings. The van der Waals surface area contributed by atoms with Crippen molar-refractivity contribution in [3.05, 3.63) is 63.5 Å². The van der Waals surface area contributed by atoms with Crippen molar-refractivity contribution < 1.29 is 4.79 Å². The summed E-state index contributed by atoms with van der Waals surface area (Å²) in [5.74, 6) is 0.0346. The lowest BCUT2D eigenvalue weighted by Gasteiger charge is -2.05. The molecule has 3 aromatic rings. The number of Topliss-reactive ketones (excluding diaryl/α,β-unsaturated/α-hetero) is 1. The molecule has 21 heavy (non-hydrogen) atoms. The molecule has 0 fully saturated rings. The van der Waals surface area contributed by atoms with Gasteiger partial charge >= 0.3 is 0 Å². The molecular weight excluding hydrogens is 284 g/mol. The highest BCUT2D eigenvalue weighted by Gasteiger charge is 2.09. The number of fused-ring (bicyclic) bond motifs is 1. The molecule has 0 unspecified atom stereocenters. The van der Waals surface area contributed by atoms with E-state index in [0.717, 1.165) is 10.4 Å². The first-order valence-electron chi connectivity index (χ1n) is 6.67. The molecule has 0 amide bonds. The molecule has 0 saturated heterocycles. The van der Waals surface area contributed by atoms with Gasteiger partial charge in [0, 0.05) is 18.5 Å². The van der Waals surface area contributed by atoms with Gasteiger partial charge in [0.1, 0.15) is 4.83 Å². The minimum Gasteiger partial charge on any atom is -0.298 e. The number of carbonyl (C=O) groups excluding carboxylic acids is 1. The summed E-state index contributed by atoms with van der Waals surface area (Å²) in [6.07, 6.45) is 1.81. The SMILES string of the molecule is Cc1ccc(C(=O)CCn2cnc3sccc3c2=O)cc1. The molecule has 0 saturated carbocycles. The summed E-state index contributed by atoms with van der Waals surface area (Å²) < 4.78 is 1.50. The highest BCUT2D eigenvalue weighted by molar-refractivity contribution is 7.16. The van der Waals surface area contributed by atoms with E-state index < -0.39 is 0 Å². The fourth-order valence-corrected chi connectivity index (χ4v) is 2.88. The van der Waals surface area contributed by atoms with E-state index in [0.29, 0.717) is 23.9 Å². The van der Waals surface area contributed by atoms with Crippen LogP contribution in [0.25, 0.3) is 10.2 Å². The van der Waals surface area contributed by atoms with E-state index in [1.54, 1.807) is 6.07 Å². The van der Waals surface area contributed by atoms with Crippen LogP contribution in [0.5, 0.6) is 0 Å². The van der Waals surface area contributed by atoms with Crippen molar-refractivity contribution in [3.8, 4) is 0 Å². The summed E-state index contributed by atoms with van der Waals surface area (Å²) >= 11 is 1.44. The van der Waals surface area contributed by atoms with Crippen LogP contribution >= 0.6 is 11.3 Å². The molecule has 2 aromatic heterocycles. The predicted octanol–water partition coefficient (Wildman–Crippen LogP) is 3.04. The van der Waals surface area contributed by atoms with Gasteiger partial charge in [-0.1, -0.05) is 29.8 Å². The van der Waals surface area contributed by atoms with Crippen molar-refractivity contribution in [1.82, 2.24) is 9.55 Å². The summed E-state index contributed by atoms with van der Waals surface area (Å²) in [4.78, 5) is 29.3. The van der Waals surface area contributed by atoms with Crippen molar-refractivity contribution in [2.45, 2.75) is 19.9 Å². The third kappa shape index (κ3) is 2.78. The number of benzene rings is 1. The van der Waals surface area contributed by atoms with E-state index in [4.69, 9.17) is 0 Å². The van der Waals surface area contributed by atoms with Gasteiger partial charge in [-0.25, -0.2) is 4.98 Å². The Bertz CT molecular complexity index is 847. The second-order valence-electron chi connectivity index (χ2n) is 4.92. The third-order valence-corrected chi connectivity index (χ3v) is 4.22. The van der Waals surface area contributed by atoms with E-state index in [1.807, 2.05) is 36.6 Å². The van der Waals surface area contributed by atoms with Crippen LogP contribution in [0, 0.1) is 6.92 Å². The number of nitrogens with zero attached hydrogens (tertiary/aromatic N) is 2. The van der Waals surface area contributed by atoms with E-state index in [2.05, 4.69) is 4.98 Å². The molecule has 0 bridgehead atoms. The zero-order valence-electron chi connectivity index (χ0n) is 11.6. The zero-order chi connectivity index (χ0) is 14.8. The lowest BCUT2D eigenvalue weighted by molar-refractivity contribution is 0.0976. The van der Waals surface area contributed by atoms with E-state index in [1.165, 1.54) is 22.2 Å². The number of aromatic nitrogens is 2. The van der Waals surface area contributed by atoms with Crippen molar-refractivity contribution >= 4 is 27.3 Å². The molecule has 0 spiro atoms. The van der Waals surface area contributed by atoms with Gasteiger partial charge in [0.05, 0.1) is 11.7 Å². The number of hydrogen-bond donors (Lipinski definition) is 0. The molecule has 0 atom stereocenters. The minimum atomic E-state index is -0.0852. The smallest absolute Gasteiger partial charge is 0.262 e. The highest BCUT2D eigenvalue weighted by Crippen LogP contribution is 2.13. The van der Waals surface area contributed by atoms with Crippen molar-refractivity contribution in [2.24, 2.45) is 0 Å². The van der Waals surface area contributed by atoms with Crippen molar-refractivity contribution in [2.75, 3.05) is 0 Å². The Morgan fingerprint density at radius 2 is 2.00 bits per heavy atom. The molecular formula is C16H14N2O2S. The second kappa shape index (κ2) is 5.61. The fraction of sp³-hybridized carbons (Fsp3) is 0.188. The van der Waals surface area contributed by atoms with Crippen LogP contribution in [0.3, 0.4) is 0 Å². The van der Waals surface area contributed by atoms with Gasteiger partial charge in [-0.05, 0) is 18.4 Å². The number of thiophene rings is 1. The normalized spacial score (nSPS) is 10.9. The largest absolute Gasteiger partial charge is 0.298 e. The molecule has 106 valence electrons. The maximum atomic E-state index is 12.2. The number of ketones is 1. The van der Waals surface area contributed by atoms with Gasteiger partial charge < -0.3 is 0 Å². The molecule has 5 heteroatoms. The molecule has 0 N–H and O–H groups in total. The lowest BCUT2D eigenvalue weighted by atomic mass is 10.1. The monoisotopic (exact) mass is 298 g/mol. The molecule has 2 heterocycles. The topological polar surface area (TPSA) is 52.0 Å². The minimum absolute atomic E-state index is 0.0346. The first kappa shape index (κ1) is 13.7. The van der Waals surface area contributed by atoms with Gasteiger partial charge in [-0.3, -0.25) is 14.2 Å². The molecule has 0 radical (unpaired) electrons. The van der Waals surface area contributed by atoms with Crippen LogP contribution in [-0.4, -0.2) is 15.3 Å². The van der Waals surface area contributed by atoms with Gasteiger partial charge in [0.25, 0.3) is 5.56 Å². The average Bonchev–Trinajstić information content (AvgIpc) is 2.96. The van der Waals surface area contributed by atoms with Crippen LogP contribution in [0.1, 0.15) is 22.3 Å². The van der Waals surface area contributed by atoms with Crippen LogP contribution < -0.4 is 5.56 Å². The molecule has 1 aromatic carbocycles. The Kier molecular flexibility index (Phi) is 3.66. The number of carbonyl (C=O) groups is 1. The molecule has 0 aliphatic heterocycles. The Morgan fingerprint density at radius 3 is 2.76 bits per heavy atom. The molecule has 0 aliphatic carbocycles. The predicted molar refractivity (Wildman–Crippen MR) is 84.0 cm³/mol. The Morgan fingerprint density at radius 1 is 1.24 bits per heavy atom. The first-order chi connectivity index (χ1) is 10.1. The van der Waals surface area contributed by atoms with Gasteiger partial charge in [0.2, 0.25) is 0 Å². The molecule has 4 nitrogen and oxygen atoms in total. The Labute approximate surface area is 125 Å². The second-order valence-corrected chi connectivity index (χ2v) is 5.82. The van der Waals surface area contributed by atoms with Gasteiger partial charge in [-0.2, -0.15) is 0 Å². The van der Waals surface area contributed by atoms with Crippen LogP contribution in [-0.2, 0) is 6.54 Å². The van der Waals surface area contributed by atoms with Crippen LogP contribution in [0.15, 0.2) is 46.8 Å². The van der Waals surface area contributed by atoms with Crippen molar-refractivity contribution in [1.29, 1.82) is 0 Å². The summed E-state index contributed by atoms with van der Waals surface area (Å²) in [6.45, 7) is 2.33. The van der Waals surface area contributed by atoms with Gasteiger partial charge in [0.15, 0.2) is 5.78 Å². The van der Waals surface area contributed by atoms with Crippen molar-refractivity contribution in [3.63, 3.8) is 0 Å². The molecule has 3 rings (SSSR count). The van der Waals surface area contributed by atoms with E-state index in [-0.39, 0.29) is 11.3 Å². The van der Waals surface area contributed by atoms with Crippen LogP contribution in [0.4, 0.5) is 0 Å². The summed E-state index contributed by atoms with van der Waals surface area (Å²) in [6, 6.07) is 9.24. The summed E-state index contributed by atoms with van der Waals surface area (Å²) in [5.41, 5.74) is 1.71. The summed E-state index contributed by atoms with van der Waals surface area (Å²) in [5, 5.41) is 2.46. The average molecular weight is 298 g/mol. The third-order valence-electron chi connectivity index (χ3n) is 3.40.